The van der Waals surface area contributed by atoms with Crippen LogP contribution in [0.5, 0.6) is 0 Å². The Balaban J connectivity index is 2.73. The maximum Gasteiger partial charge on any atom is 0.307 e. The highest BCUT2D eigenvalue weighted by atomic mass is 16.5. The van der Waals surface area contributed by atoms with Gasteiger partial charge in [-0.25, -0.2) is 0 Å². The van der Waals surface area contributed by atoms with Gasteiger partial charge in [-0.05, 0) is 18.1 Å². The van der Waals surface area contributed by atoms with E-state index in [0.717, 1.165) is 11.1 Å². The van der Waals surface area contributed by atoms with Gasteiger partial charge >= 0.3 is 5.97 Å². The van der Waals surface area contributed by atoms with Crippen molar-refractivity contribution >= 4 is 11.5 Å². The molecular formula is C11H12O2. The van der Waals surface area contributed by atoms with Crippen LogP contribution < -0.4 is 0 Å². The molecule has 0 fully saturated rings. The first-order chi connectivity index (χ1) is 6.20. The summed E-state index contributed by atoms with van der Waals surface area (Å²) in [5, 5.41) is 0. The van der Waals surface area contributed by atoms with Crippen molar-refractivity contribution in [1.82, 2.24) is 0 Å². The zero-order chi connectivity index (χ0) is 9.68. The lowest BCUT2D eigenvalue weighted by atomic mass is 10.1. The van der Waals surface area contributed by atoms with Crippen LogP contribution in [0, 0.1) is 0 Å². The summed E-state index contributed by atoms with van der Waals surface area (Å²) >= 11 is 0. The van der Waals surface area contributed by atoms with Crippen LogP contribution in [0.4, 0.5) is 0 Å². The van der Waals surface area contributed by atoms with Crippen molar-refractivity contribution in [1.29, 1.82) is 0 Å². The largest absolute Gasteiger partial charge is 0.434 e. The summed E-state index contributed by atoms with van der Waals surface area (Å²) in [6.07, 6.45) is 1.47. The van der Waals surface area contributed by atoms with Crippen LogP contribution in [-0.4, -0.2) is 5.97 Å². The Morgan fingerprint density at radius 2 is 1.85 bits per heavy atom. The summed E-state index contributed by atoms with van der Waals surface area (Å²) in [7, 11) is 0. The fourth-order valence-electron chi connectivity index (χ4n) is 0.940. The minimum atomic E-state index is -0.296. The van der Waals surface area contributed by atoms with E-state index in [4.69, 9.17) is 4.74 Å². The first kappa shape index (κ1) is 9.52. The van der Waals surface area contributed by atoms with Crippen molar-refractivity contribution < 1.29 is 9.53 Å². The van der Waals surface area contributed by atoms with Crippen molar-refractivity contribution in [3.8, 4) is 0 Å². The molecular weight excluding hydrogens is 164 g/mol. The number of hydrogen-bond donors (Lipinski definition) is 0. The topological polar surface area (TPSA) is 26.3 Å². The maximum absolute atomic E-state index is 10.5. The molecule has 1 aromatic rings. The Morgan fingerprint density at radius 3 is 2.38 bits per heavy atom. The van der Waals surface area contributed by atoms with E-state index in [2.05, 4.69) is 0 Å². The molecule has 0 aliphatic heterocycles. The Bertz CT molecular complexity index is 312. The van der Waals surface area contributed by atoms with E-state index in [-0.39, 0.29) is 5.97 Å². The summed E-state index contributed by atoms with van der Waals surface area (Å²) in [5.41, 5.74) is 2.00. The lowest BCUT2D eigenvalue weighted by Crippen LogP contribution is -1.91. The molecule has 0 bridgehead atoms. The van der Waals surface area contributed by atoms with Gasteiger partial charge in [0, 0.05) is 6.92 Å². The third kappa shape index (κ3) is 3.11. The van der Waals surface area contributed by atoms with Gasteiger partial charge in [0.25, 0.3) is 0 Å². The van der Waals surface area contributed by atoms with Gasteiger partial charge in [0.05, 0.1) is 6.26 Å². The van der Waals surface area contributed by atoms with Gasteiger partial charge < -0.3 is 4.74 Å². The first-order valence-electron chi connectivity index (χ1n) is 4.09. The molecule has 0 heterocycles. The third-order valence-electron chi connectivity index (χ3n) is 1.63. The highest BCUT2D eigenvalue weighted by Crippen LogP contribution is 2.12. The molecule has 0 N–H and O–H groups in total. The van der Waals surface area contributed by atoms with Gasteiger partial charge in [0.15, 0.2) is 0 Å². The second-order valence-electron chi connectivity index (χ2n) is 2.78. The molecule has 0 amide bonds. The summed E-state index contributed by atoms with van der Waals surface area (Å²) in [6.45, 7) is 3.28. The van der Waals surface area contributed by atoms with Gasteiger partial charge in [-0.1, -0.05) is 30.3 Å². The average molecular weight is 176 g/mol. The Kier molecular flexibility index (Phi) is 3.26. The molecule has 2 nitrogen and oxygen atoms in total. The molecule has 1 aromatic carbocycles. The highest BCUT2D eigenvalue weighted by Gasteiger charge is 1.94. The molecule has 0 saturated heterocycles. The van der Waals surface area contributed by atoms with E-state index in [1.807, 2.05) is 37.3 Å². The number of carbonyl (C=O) groups excluding carboxylic acids is 1. The van der Waals surface area contributed by atoms with E-state index >= 15 is 0 Å². The molecule has 0 atom stereocenters. The maximum atomic E-state index is 10.5. The zero-order valence-electron chi connectivity index (χ0n) is 7.78. The number of hydrogen-bond acceptors (Lipinski definition) is 2. The van der Waals surface area contributed by atoms with Crippen molar-refractivity contribution in [2.45, 2.75) is 13.8 Å². The van der Waals surface area contributed by atoms with Crippen molar-refractivity contribution in [3.63, 3.8) is 0 Å². The van der Waals surface area contributed by atoms with Crippen molar-refractivity contribution in [3.05, 3.63) is 42.2 Å². The smallest absolute Gasteiger partial charge is 0.307 e. The number of benzene rings is 1. The summed E-state index contributed by atoms with van der Waals surface area (Å²) in [4.78, 5) is 10.5. The van der Waals surface area contributed by atoms with Gasteiger partial charge in [0.1, 0.15) is 0 Å². The van der Waals surface area contributed by atoms with E-state index in [1.54, 1.807) is 0 Å². The molecule has 0 spiro atoms. The summed E-state index contributed by atoms with van der Waals surface area (Å²) < 4.78 is 4.76. The molecule has 0 radical (unpaired) electrons. The summed E-state index contributed by atoms with van der Waals surface area (Å²) in [5.74, 6) is -0.296. The summed E-state index contributed by atoms with van der Waals surface area (Å²) in [6, 6.07) is 9.77. The molecule has 0 aliphatic carbocycles. The minimum Gasteiger partial charge on any atom is -0.434 e. The van der Waals surface area contributed by atoms with E-state index in [0.29, 0.717) is 0 Å². The molecule has 0 unspecified atom stereocenters. The Hall–Kier alpha value is -1.57. The zero-order valence-corrected chi connectivity index (χ0v) is 7.78. The second-order valence-corrected chi connectivity index (χ2v) is 2.78. The monoisotopic (exact) mass is 176 g/mol. The highest BCUT2D eigenvalue weighted by molar-refractivity contribution is 5.69. The van der Waals surface area contributed by atoms with E-state index in [1.165, 1.54) is 13.2 Å². The number of ether oxygens (including phenoxy) is 1. The molecule has 0 aliphatic rings. The lowest BCUT2D eigenvalue weighted by molar-refractivity contribution is -0.135. The van der Waals surface area contributed by atoms with Gasteiger partial charge in [0.2, 0.25) is 0 Å². The quantitative estimate of drug-likeness (QED) is 0.511. The Morgan fingerprint density at radius 1 is 1.23 bits per heavy atom. The number of allylic oxidation sites excluding steroid dienone is 1. The van der Waals surface area contributed by atoms with Crippen LogP contribution >= 0.6 is 0 Å². The van der Waals surface area contributed by atoms with Crippen LogP contribution in [-0.2, 0) is 9.53 Å². The molecule has 1 rings (SSSR count). The number of carbonyl (C=O) groups is 1. The molecule has 0 saturated carbocycles. The molecule has 68 valence electrons. The normalized spacial score (nSPS) is 11.1. The standard InChI is InChI=1S/C11H12O2/c1-9(8-13-10(2)12)11-6-4-3-5-7-11/h3-8H,1-2H3. The third-order valence-corrected chi connectivity index (χ3v) is 1.63. The molecule has 0 aromatic heterocycles. The van der Waals surface area contributed by atoms with Crippen molar-refractivity contribution in [2.75, 3.05) is 0 Å². The van der Waals surface area contributed by atoms with Crippen LogP contribution in [0.2, 0.25) is 0 Å². The lowest BCUT2D eigenvalue weighted by Gasteiger charge is -2.00. The fourth-order valence-corrected chi connectivity index (χ4v) is 0.940. The average Bonchev–Trinajstić information content (AvgIpc) is 2.15. The Labute approximate surface area is 77.8 Å². The van der Waals surface area contributed by atoms with E-state index < -0.39 is 0 Å². The predicted molar refractivity (Wildman–Crippen MR) is 51.9 cm³/mol. The fraction of sp³-hybridized carbons (Fsp3) is 0.182. The predicted octanol–water partition coefficient (Wildman–Crippen LogP) is 2.61. The van der Waals surface area contributed by atoms with Gasteiger partial charge in [-0.15, -0.1) is 0 Å². The van der Waals surface area contributed by atoms with Crippen LogP contribution in [0.15, 0.2) is 36.6 Å². The first-order valence-corrected chi connectivity index (χ1v) is 4.09. The van der Waals surface area contributed by atoms with Crippen LogP contribution in [0.1, 0.15) is 19.4 Å². The number of rotatable bonds is 2. The second kappa shape index (κ2) is 4.45. The van der Waals surface area contributed by atoms with Crippen LogP contribution in [0.25, 0.3) is 5.57 Å². The van der Waals surface area contributed by atoms with Crippen molar-refractivity contribution in [2.24, 2.45) is 0 Å². The SMILES string of the molecule is CC(=O)OC=C(C)c1ccccc1. The molecule has 13 heavy (non-hydrogen) atoms. The molecule has 2 heteroatoms. The van der Waals surface area contributed by atoms with E-state index in [9.17, 15) is 4.79 Å². The minimum absolute atomic E-state index is 0.296. The van der Waals surface area contributed by atoms with Gasteiger partial charge in [-0.3, -0.25) is 4.79 Å². The number of esters is 1. The van der Waals surface area contributed by atoms with Crippen LogP contribution in [0.3, 0.4) is 0 Å². The van der Waals surface area contributed by atoms with Gasteiger partial charge in [-0.2, -0.15) is 0 Å².